The molecular formula is C13H16FN5O. The van der Waals surface area contributed by atoms with Gasteiger partial charge in [0.15, 0.2) is 5.84 Å². The minimum absolute atomic E-state index is 0.115. The van der Waals surface area contributed by atoms with Crippen molar-refractivity contribution in [2.24, 2.45) is 17.9 Å². The van der Waals surface area contributed by atoms with Crippen molar-refractivity contribution in [3.05, 3.63) is 53.1 Å². The van der Waals surface area contributed by atoms with Crippen molar-refractivity contribution in [1.82, 2.24) is 15.1 Å². The Morgan fingerprint density at radius 1 is 1.45 bits per heavy atom. The topological polar surface area (TPSA) is 88.5 Å². The van der Waals surface area contributed by atoms with E-state index in [0.29, 0.717) is 24.2 Å². The molecule has 0 amide bonds. The molecule has 0 unspecified atom stereocenters. The average molecular weight is 277 g/mol. The summed E-state index contributed by atoms with van der Waals surface area (Å²) in [4.78, 5) is 0. The van der Waals surface area contributed by atoms with Gasteiger partial charge in [-0.15, -0.1) is 0 Å². The molecule has 0 radical (unpaired) electrons. The molecule has 0 saturated heterocycles. The number of benzene rings is 1. The summed E-state index contributed by atoms with van der Waals surface area (Å²) in [6.07, 6.45) is 1.86. The molecule has 0 saturated carbocycles. The molecule has 2 rings (SSSR count). The lowest BCUT2D eigenvalue weighted by atomic mass is 10.1. The number of hydrogen-bond acceptors (Lipinski definition) is 4. The normalized spacial score (nSPS) is 11.8. The first-order valence-corrected chi connectivity index (χ1v) is 6.05. The molecule has 0 aliphatic rings. The van der Waals surface area contributed by atoms with E-state index >= 15 is 0 Å². The molecule has 0 atom stereocenters. The highest BCUT2D eigenvalue weighted by molar-refractivity contribution is 5.97. The number of aromatic nitrogens is 2. The molecule has 6 nitrogen and oxygen atoms in total. The summed E-state index contributed by atoms with van der Waals surface area (Å²) in [6.45, 7) is 1.04. The van der Waals surface area contributed by atoms with Crippen molar-refractivity contribution < 1.29 is 9.60 Å². The summed E-state index contributed by atoms with van der Waals surface area (Å²) < 4.78 is 15.2. The van der Waals surface area contributed by atoms with Crippen LogP contribution in [0.2, 0.25) is 0 Å². The van der Waals surface area contributed by atoms with Crippen LogP contribution in [0.25, 0.3) is 0 Å². The van der Waals surface area contributed by atoms with Gasteiger partial charge in [-0.25, -0.2) is 4.39 Å². The Hall–Kier alpha value is -2.41. The van der Waals surface area contributed by atoms with Gasteiger partial charge in [0.25, 0.3) is 0 Å². The summed E-state index contributed by atoms with van der Waals surface area (Å²) in [6, 6.07) is 6.20. The fraction of sp³-hybridized carbons (Fsp3) is 0.231. The molecule has 1 aromatic heterocycles. The lowest BCUT2D eigenvalue weighted by Gasteiger charge is -2.06. The monoisotopic (exact) mass is 277 g/mol. The van der Waals surface area contributed by atoms with Crippen LogP contribution in [0.15, 0.2) is 35.6 Å². The summed E-state index contributed by atoms with van der Waals surface area (Å²) >= 11 is 0. The van der Waals surface area contributed by atoms with Crippen LogP contribution in [0, 0.1) is 5.82 Å². The Bertz CT molecular complexity index is 623. The van der Waals surface area contributed by atoms with Gasteiger partial charge in [0.05, 0.1) is 5.69 Å². The molecule has 0 spiro atoms. The quantitative estimate of drug-likeness (QED) is 0.328. The van der Waals surface area contributed by atoms with E-state index in [2.05, 4.69) is 15.6 Å². The zero-order valence-electron chi connectivity index (χ0n) is 11.0. The molecule has 0 fully saturated rings. The minimum atomic E-state index is -0.427. The van der Waals surface area contributed by atoms with Crippen LogP contribution in [0.5, 0.6) is 0 Å². The number of rotatable bonds is 5. The van der Waals surface area contributed by atoms with Crippen molar-refractivity contribution in [3.63, 3.8) is 0 Å². The molecule has 106 valence electrons. The molecule has 0 aliphatic heterocycles. The molecule has 2 aromatic rings. The SMILES string of the molecule is Cn1ccc(CNCc2cc(F)cc(/C(N)=N/O)c2)n1. The fourth-order valence-corrected chi connectivity index (χ4v) is 1.85. The van der Waals surface area contributed by atoms with Gasteiger partial charge in [0, 0.05) is 31.9 Å². The Morgan fingerprint density at radius 2 is 2.25 bits per heavy atom. The van der Waals surface area contributed by atoms with Crippen LogP contribution in [0.4, 0.5) is 4.39 Å². The smallest absolute Gasteiger partial charge is 0.170 e. The lowest BCUT2D eigenvalue weighted by molar-refractivity contribution is 0.318. The summed E-state index contributed by atoms with van der Waals surface area (Å²) in [5.41, 5.74) is 7.42. The number of nitrogens with two attached hydrogens (primary N) is 1. The molecule has 1 heterocycles. The Labute approximate surface area is 115 Å². The first kappa shape index (κ1) is 14.0. The van der Waals surface area contributed by atoms with E-state index in [0.717, 1.165) is 5.69 Å². The van der Waals surface area contributed by atoms with E-state index in [9.17, 15) is 4.39 Å². The van der Waals surface area contributed by atoms with Crippen LogP contribution < -0.4 is 11.1 Å². The number of amidine groups is 1. The van der Waals surface area contributed by atoms with E-state index in [-0.39, 0.29) is 5.84 Å². The van der Waals surface area contributed by atoms with E-state index in [1.54, 1.807) is 10.7 Å². The van der Waals surface area contributed by atoms with Gasteiger partial charge in [-0.3, -0.25) is 4.68 Å². The minimum Gasteiger partial charge on any atom is -0.409 e. The molecule has 0 bridgehead atoms. The van der Waals surface area contributed by atoms with Gasteiger partial charge in [-0.2, -0.15) is 5.10 Å². The fourth-order valence-electron chi connectivity index (χ4n) is 1.85. The summed E-state index contributed by atoms with van der Waals surface area (Å²) in [5, 5.41) is 18.9. The predicted octanol–water partition coefficient (Wildman–Crippen LogP) is 0.943. The highest BCUT2D eigenvalue weighted by atomic mass is 19.1. The van der Waals surface area contributed by atoms with E-state index in [1.807, 2.05) is 19.3 Å². The maximum atomic E-state index is 13.4. The first-order chi connectivity index (χ1) is 9.58. The second-order valence-electron chi connectivity index (χ2n) is 4.42. The van der Waals surface area contributed by atoms with Gasteiger partial charge in [0.1, 0.15) is 5.82 Å². The number of oxime groups is 1. The zero-order valence-corrected chi connectivity index (χ0v) is 11.0. The van der Waals surface area contributed by atoms with Gasteiger partial charge in [-0.05, 0) is 29.8 Å². The molecular weight excluding hydrogens is 261 g/mol. The molecule has 20 heavy (non-hydrogen) atoms. The van der Waals surface area contributed by atoms with Crippen LogP contribution in [-0.2, 0) is 20.1 Å². The van der Waals surface area contributed by atoms with Gasteiger partial charge in [-0.1, -0.05) is 5.16 Å². The third kappa shape index (κ3) is 3.55. The zero-order chi connectivity index (χ0) is 14.5. The number of aryl methyl sites for hydroxylation is 1. The molecule has 4 N–H and O–H groups in total. The van der Waals surface area contributed by atoms with E-state index < -0.39 is 5.82 Å². The van der Waals surface area contributed by atoms with Crippen LogP contribution in [-0.4, -0.2) is 20.8 Å². The Kier molecular flexibility index (Phi) is 4.31. The first-order valence-electron chi connectivity index (χ1n) is 6.05. The molecule has 1 aromatic carbocycles. The maximum Gasteiger partial charge on any atom is 0.170 e. The van der Waals surface area contributed by atoms with Gasteiger partial charge >= 0.3 is 0 Å². The third-order valence-electron chi connectivity index (χ3n) is 2.77. The van der Waals surface area contributed by atoms with E-state index in [4.69, 9.17) is 10.9 Å². The Morgan fingerprint density at radius 3 is 2.90 bits per heavy atom. The average Bonchev–Trinajstić information content (AvgIpc) is 2.83. The largest absolute Gasteiger partial charge is 0.409 e. The second-order valence-corrected chi connectivity index (χ2v) is 4.42. The van der Waals surface area contributed by atoms with Crippen molar-refractivity contribution in [3.8, 4) is 0 Å². The Balaban J connectivity index is 2.00. The van der Waals surface area contributed by atoms with Crippen molar-refractivity contribution in [1.29, 1.82) is 0 Å². The standard InChI is InChI=1S/C13H16FN5O/c1-19-3-2-12(17-19)8-16-7-9-4-10(13(15)18-20)6-11(14)5-9/h2-6,16,20H,7-8H2,1H3,(H2,15,18). The van der Waals surface area contributed by atoms with Gasteiger partial charge < -0.3 is 16.3 Å². The number of halogens is 1. The highest BCUT2D eigenvalue weighted by Crippen LogP contribution is 2.09. The van der Waals surface area contributed by atoms with Crippen molar-refractivity contribution in [2.75, 3.05) is 0 Å². The van der Waals surface area contributed by atoms with Gasteiger partial charge in [0.2, 0.25) is 0 Å². The van der Waals surface area contributed by atoms with Crippen LogP contribution in [0.1, 0.15) is 16.8 Å². The molecule has 0 aliphatic carbocycles. The third-order valence-corrected chi connectivity index (χ3v) is 2.77. The maximum absolute atomic E-state index is 13.4. The van der Waals surface area contributed by atoms with Crippen molar-refractivity contribution in [2.45, 2.75) is 13.1 Å². The van der Waals surface area contributed by atoms with Crippen LogP contribution in [0.3, 0.4) is 0 Å². The number of hydrogen-bond donors (Lipinski definition) is 3. The second kappa shape index (κ2) is 6.16. The predicted molar refractivity (Wildman–Crippen MR) is 72.7 cm³/mol. The van der Waals surface area contributed by atoms with Crippen molar-refractivity contribution >= 4 is 5.84 Å². The summed E-state index contributed by atoms with van der Waals surface area (Å²) in [7, 11) is 1.85. The number of nitrogens with zero attached hydrogens (tertiary/aromatic N) is 3. The number of nitrogens with one attached hydrogen (secondary N) is 1. The highest BCUT2D eigenvalue weighted by Gasteiger charge is 2.05. The van der Waals surface area contributed by atoms with E-state index in [1.165, 1.54) is 12.1 Å². The molecule has 7 heteroatoms. The lowest BCUT2D eigenvalue weighted by Crippen LogP contribution is -2.16. The summed E-state index contributed by atoms with van der Waals surface area (Å²) in [5.74, 6) is -0.542. The van der Waals surface area contributed by atoms with Crippen LogP contribution >= 0.6 is 0 Å².